The molecule has 1 rings (SSSR count). The average Bonchev–Trinajstić information content (AvgIpc) is 2.37. The van der Waals surface area contributed by atoms with Crippen molar-refractivity contribution >= 4 is 6.21 Å². The van der Waals surface area contributed by atoms with Gasteiger partial charge in [0.1, 0.15) is 19.0 Å². The van der Waals surface area contributed by atoms with Crippen LogP contribution in [0.1, 0.15) is 58.2 Å². The first-order valence-electron chi connectivity index (χ1n) is 7.42. The molecule has 0 aromatic heterocycles. The summed E-state index contributed by atoms with van der Waals surface area (Å²) in [7, 11) is 0. The second-order valence-corrected chi connectivity index (χ2v) is 7.40. The number of hydrogen-bond donors (Lipinski definition) is 2. The van der Waals surface area contributed by atoms with Crippen molar-refractivity contribution in [1.29, 1.82) is 0 Å². The van der Waals surface area contributed by atoms with Gasteiger partial charge in [-0.15, -0.1) is 0 Å². The topological polar surface area (TPSA) is 77.1 Å². The van der Waals surface area contributed by atoms with Crippen LogP contribution < -0.4 is 5.90 Å². The molecule has 0 heterocycles. The van der Waals surface area contributed by atoms with Crippen molar-refractivity contribution < 1.29 is 14.8 Å². The Kier molecular flexibility index (Phi) is 5.97. The van der Waals surface area contributed by atoms with Gasteiger partial charge < -0.3 is 14.8 Å². The molecule has 0 aliphatic rings. The van der Waals surface area contributed by atoms with Crippen LogP contribution in [-0.2, 0) is 20.5 Å². The maximum absolute atomic E-state index is 10.5. The fraction of sp³-hybridized carbons (Fsp3) is 0.588. The Morgan fingerprint density at radius 3 is 2.23 bits per heavy atom. The summed E-state index contributed by atoms with van der Waals surface area (Å²) in [6.07, 6.45) is 1.52. The zero-order valence-electron chi connectivity index (χ0n) is 14.4. The van der Waals surface area contributed by atoms with Crippen molar-refractivity contribution in [1.82, 2.24) is 0 Å². The van der Waals surface area contributed by atoms with Crippen LogP contribution in [0.2, 0.25) is 0 Å². The third-order valence-corrected chi connectivity index (χ3v) is 3.37. The molecule has 0 radical (unpaired) electrons. The van der Waals surface area contributed by atoms with Gasteiger partial charge in [0.05, 0.1) is 6.21 Å². The highest BCUT2D eigenvalue weighted by atomic mass is 16.7. The number of rotatable bonds is 5. The summed E-state index contributed by atoms with van der Waals surface area (Å²) >= 11 is 0. The Hall–Kier alpha value is -1.59. The van der Waals surface area contributed by atoms with Gasteiger partial charge in [-0.2, -0.15) is 0 Å². The first-order chi connectivity index (χ1) is 10.1. The number of hydrogen-bond acceptors (Lipinski definition) is 5. The largest absolute Gasteiger partial charge is 0.507 e. The first-order valence-corrected chi connectivity index (χ1v) is 7.42. The monoisotopic (exact) mass is 308 g/mol. The summed E-state index contributed by atoms with van der Waals surface area (Å²) in [4.78, 5) is 9.43. The molecule has 0 fully saturated rings. The Bertz CT molecular complexity index is 526. The van der Waals surface area contributed by atoms with Gasteiger partial charge >= 0.3 is 0 Å². The lowest BCUT2D eigenvalue weighted by molar-refractivity contribution is 0.0515. The van der Waals surface area contributed by atoms with Crippen LogP contribution in [0.5, 0.6) is 5.75 Å². The van der Waals surface area contributed by atoms with E-state index < -0.39 is 0 Å². The van der Waals surface area contributed by atoms with E-state index >= 15 is 0 Å². The Morgan fingerprint density at radius 2 is 1.73 bits per heavy atom. The van der Waals surface area contributed by atoms with Crippen LogP contribution >= 0.6 is 0 Å². The van der Waals surface area contributed by atoms with E-state index in [1.807, 2.05) is 6.07 Å². The van der Waals surface area contributed by atoms with E-state index in [9.17, 15) is 5.11 Å². The second-order valence-electron chi connectivity index (χ2n) is 7.40. The minimum absolute atomic E-state index is 0.0233. The smallest absolute Gasteiger partial charge is 0.142 e. The van der Waals surface area contributed by atoms with Gasteiger partial charge in [0, 0.05) is 11.1 Å². The quantitative estimate of drug-likeness (QED) is 0.497. The fourth-order valence-corrected chi connectivity index (χ4v) is 1.99. The van der Waals surface area contributed by atoms with Crippen LogP contribution in [-0.4, -0.2) is 24.5 Å². The van der Waals surface area contributed by atoms with Crippen LogP contribution in [0.4, 0.5) is 0 Å². The van der Waals surface area contributed by atoms with Gasteiger partial charge in [0.15, 0.2) is 0 Å². The maximum Gasteiger partial charge on any atom is 0.142 e. The molecule has 5 nitrogen and oxygen atoms in total. The predicted molar refractivity (Wildman–Crippen MR) is 89.2 cm³/mol. The summed E-state index contributed by atoms with van der Waals surface area (Å²) in [5, 5.41) is 14.4. The molecule has 0 aliphatic carbocycles. The van der Waals surface area contributed by atoms with Crippen molar-refractivity contribution in [2.75, 3.05) is 13.2 Å². The molecule has 0 spiro atoms. The number of nitrogens with zero attached hydrogens (tertiary/aromatic N) is 1. The fourth-order valence-electron chi connectivity index (χ4n) is 1.99. The van der Waals surface area contributed by atoms with Gasteiger partial charge in [-0.05, 0) is 22.5 Å². The highest BCUT2D eigenvalue weighted by molar-refractivity contribution is 5.84. The Labute approximate surface area is 133 Å². The molecular formula is C17H28N2O3. The van der Waals surface area contributed by atoms with Crippen LogP contribution in [0.25, 0.3) is 0 Å². The third-order valence-electron chi connectivity index (χ3n) is 3.37. The van der Waals surface area contributed by atoms with Crippen LogP contribution in [0.3, 0.4) is 0 Å². The molecule has 0 amide bonds. The minimum atomic E-state index is -0.165. The van der Waals surface area contributed by atoms with Crippen molar-refractivity contribution in [2.24, 2.45) is 11.1 Å². The van der Waals surface area contributed by atoms with Crippen LogP contribution in [0.15, 0.2) is 17.3 Å². The van der Waals surface area contributed by atoms with E-state index in [1.54, 1.807) is 0 Å². The SMILES string of the molecule is CC(C)(C)c1cc(/C=N/OCCON)c(O)c(C(C)(C)C)c1. The number of aromatic hydroxyl groups is 1. The minimum Gasteiger partial charge on any atom is -0.507 e. The number of oxime groups is 1. The van der Waals surface area contributed by atoms with Crippen molar-refractivity contribution in [3.8, 4) is 5.75 Å². The molecule has 1 aromatic carbocycles. The standard InChI is InChI=1S/C17H28N2O3/c1-16(2,3)13-9-12(11-19-22-8-7-21-18)15(20)14(10-13)17(4,5)6/h9-11,20H,7-8,18H2,1-6H3/b19-11+. The first kappa shape index (κ1) is 18.5. The summed E-state index contributed by atoms with van der Waals surface area (Å²) in [6.45, 7) is 13.2. The van der Waals surface area contributed by atoms with Gasteiger partial charge in [0.2, 0.25) is 0 Å². The zero-order valence-corrected chi connectivity index (χ0v) is 14.4. The van der Waals surface area contributed by atoms with Crippen molar-refractivity contribution in [3.63, 3.8) is 0 Å². The van der Waals surface area contributed by atoms with Crippen LogP contribution in [0, 0.1) is 0 Å². The normalized spacial score (nSPS) is 12.9. The van der Waals surface area contributed by atoms with Gasteiger partial charge in [0.25, 0.3) is 0 Å². The maximum atomic E-state index is 10.5. The van der Waals surface area contributed by atoms with E-state index in [2.05, 4.69) is 57.6 Å². The predicted octanol–water partition coefficient (Wildman–Crippen LogP) is 3.23. The zero-order chi connectivity index (χ0) is 17.0. The Morgan fingerprint density at radius 1 is 1.09 bits per heavy atom. The molecule has 3 N–H and O–H groups in total. The molecule has 0 atom stereocenters. The number of benzene rings is 1. The third kappa shape index (κ3) is 5.00. The van der Waals surface area contributed by atoms with Gasteiger partial charge in [-0.25, -0.2) is 5.90 Å². The molecule has 0 bridgehead atoms. The van der Waals surface area contributed by atoms with E-state index in [0.717, 1.165) is 11.1 Å². The molecule has 1 aromatic rings. The second kappa shape index (κ2) is 7.11. The molecule has 0 unspecified atom stereocenters. The summed E-state index contributed by atoms with van der Waals surface area (Å²) in [5.74, 6) is 5.15. The number of phenols is 1. The average molecular weight is 308 g/mol. The molecule has 0 saturated heterocycles. The molecule has 22 heavy (non-hydrogen) atoms. The lowest BCUT2D eigenvalue weighted by Crippen LogP contribution is -2.17. The molecular weight excluding hydrogens is 280 g/mol. The van der Waals surface area contributed by atoms with Gasteiger partial charge in [-0.1, -0.05) is 52.8 Å². The summed E-state index contributed by atoms with van der Waals surface area (Å²) in [6, 6.07) is 4.01. The van der Waals surface area contributed by atoms with Crippen molar-refractivity contribution in [2.45, 2.75) is 52.4 Å². The van der Waals surface area contributed by atoms with E-state index in [4.69, 9.17) is 10.7 Å². The molecule has 0 saturated carbocycles. The Balaban J connectivity index is 3.20. The van der Waals surface area contributed by atoms with Crippen molar-refractivity contribution in [3.05, 3.63) is 28.8 Å². The number of nitrogens with two attached hydrogens (primary N) is 1. The highest BCUT2D eigenvalue weighted by Gasteiger charge is 2.24. The lowest BCUT2D eigenvalue weighted by Gasteiger charge is -2.26. The van der Waals surface area contributed by atoms with E-state index in [0.29, 0.717) is 5.56 Å². The van der Waals surface area contributed by atoms with E-state index in [1.165, 1.54) is 6.21 Å². The van der Waals surface area contributed by atoms with E-state index in [-0.39, 0.29) is 29.8 Å². The molecule has 5 heteroatoms. The van der Waals surface area contributed by atoms with Gasteiger partial charge in [-0.3, -0.25) is 0 Å². The summed E-state index contributed by atoms with van der Waals surface area (Å²) < 4.78 is 0. The highest BCUT2D eigenvalue weighted by Crippen LogP contribution is 2.37. The molecule has 124 valence electrons. The number of phenolic OH excluding ortho intramolecular Hbond substituents is 1. The lowest BCUT2D eigenvalue weighted by atomic mass is 9.79. The molecule has 0 aliphatic heterocycles. The summed E-state index contributed by atoms with van der Waals surface area (Å²) in [5.41, 5.74) is 2.49.